The predicted octanol–water partition coefficient (Wildman–Crippen LogP) is 4.32. The van der Waals surface area contributed by atoms with Crippen LogP contribution in [0.5, 0.6) is 5.75 Å². The third kappa shape index (κ3) is 1.89. The maximum absolute atomic E-state index is 9.57. The minimum atomic E-state index is 0.266. The molecule has 18 heavy (non-hydrogen) atoms. The van der Waals surface area contributed by atoms with Gasteiger partial charge in [0, 0.05) is 5.56 Å². The lowest BCUT2D eigenvalue weighted by Gasteiger charge is -2.07. The van der Waals surface area contributed by atoms with Crippen molar-refractivity contribution in [3.05, 3.63) is 66.9 Å². The van der Waals surface area contributed by atoms with Gasteiger partial charge in [0.1, 0.15) is 11.5 Å². The molecule has 0 fully saturated rings. The standard InChI is InChI=1S/C16H12O2/c17-13-6-3-5-12(11-13)14-7-1-2-8-15(14)16-9-4-10-18-16/h1-11,17H. The molecule has 0 saturated heterocycles. The molecule has 2 aromatic carbocycles. The largest absolute Gasteiger partial charge is 0.508 e. The van der Waals surface area contributed by atoms with Crippen molar-refractivity contribution >= 4 is 0 Å². The van der Waals surface area contributed by atoms with Crippen molar-refractivity contribution in [3.63, 3.8) is 0 Å². The Labute approximate surface area is 105 Å². The Morgan fingerprint density at radius 1 is 0.778 bits per heavy atom. The van der Waals surface area contributed by atoms with E-state index in [0.29, 0.717) is 0 Å². The second-order valence-corrected chi connectivity index (χ2v) is 4.07. The van der Waals surface area contributed by atoms with Crippen LogP contribution in [0.2, 0.25) is 0 Å². The van der Waals surface area contributed by atoms with Gasteiger partial charge in [-0.1, -0.05) is 36.4 Å². The predicted molar refractivity (Wildman–Crippen MR) is 71.2 cm³/mol. The van der Waals surface area contributed by atoms with Crippen LogP contribution in [0.3, 0.4) is 0 Å². The van der Waals surface area contributed by atoms with Crippen molar-refractivity contribution in [1.82, 2.24) is 0 Å². The average Bonchev–Trinajstić information content (AvgIpc) is 2.92. The van der Waals surface area contributed by atoms with Crippen LogP contribution in [0.1, 0.15) is 0 Å². The molecule has 0 unspecified atom stereocenters. The van der Waals surface area contributed by atoms with Crippen LogP contribution < -0.4 is 0 Å². The molecule has 2 heteroatoms. The molecule has 0 amide bonds. The highest BCUT2D eigenvalue weighted by atomic mass is 16.3. The lowest BCUT2D eigenvalue weighted by Crippen LogP contribution is -1.83. The third-order valence-corrected chi connectivity index (χ3v) is 2.87. The Kier molecular flexibility index (Phi) is 2.61. The number of phenols is 1. The van der Waals surface area contributed by atoms with E-state index in [9.17, 15) is 5.11 Å². The van der Waals surface area contributed by atoms with Crippen molar-refractivity contribution in [2.24, 2.45) is 0 Å². The molecule has 3 rings (SSSR count). The molecule has 0 bridgehead atoms. The number of hydrogen-bond acceptors (Lipinski definition) is 2. The van der Waals surface area contributed by atoms with Gasteiger partial charge in [-0.2, -0.15) is 0 Å². The molecule has 0 saturated carbocycles. The summed E-state index contributed by atoms with van der Waals surface area (Å²) in [5.41, 5.74) is 3.04. The number of hydrogen-bond donors (Lipinski definition) is 1. The van der Waals surface area contributed by atoms with Gasteiger partial charge in [-0.05, 0) is 35.4 Å². The highest BCUT2D eigenvalue weighted by Crippen LogP contribution is 2.33. The monoisotopic (exact) mass is 236 g/mol. The number of rotatable bonds is 2. The van der Waals surface area contributed by atoms with Crippen LogP contribution in [0, 0.1) is 0 Å². The Hall–Kier alpha value is -2.48. The van der Waals surface area contributed by atoms with Crippen molar-refractivity contribution in [2.45, 2.75) is 0 Å². The highest BCUT2D eigenvalue weighted by Gasteiger charge is 2.08. The highest BCUT2D eigenvalue weighted by molar-refractivity contribution is 5.81. The second-order valence-electron chi connectivity index (χ2n) is 4.07. The minimum absolute atomic E-state index is 0.266. The fourth-order valence-corrected chi connectivity index (χ4v) is 2.05. The molecule has 1 aromatic heterocycles. The molecule has 1 N–H and O–H groups in total. The maximum Gasteiger partial charge on any atom is 0.134 e. The minimum Gasteiger partial charge on any atom is -0.508 e. The molecular formula is C16H12O2. The number of aromatic hydroxyl groups is 1. The Morgan fingerprint density at radius 2 is 1.61 bits per heavy atom. The fourth-order valence-electron chi connectivity index (χ4n) is 2.05. The van der Waals surface area contributed by atoms with Gasteiger partial charge >= 0.3 is 0 Å². The molecule has 2 nitrogen and oxygen atoms in total. The molecule has 0 aliphatic heterocycles. The van der Waals surface area contributed by atoms with Gasteiger partial charge in [-0.3, -0.25) is 0 Å². The topological polar surface area (TPSA) is 33.4 Å². The zero-order chi connectivity index (χ0) is 12.4. The first-order valence-corrected chi connectivity index (χ1v) is 5.77. The molecule has 0 spiro atoms. The van der Waals surface area contributed by atoms with Crippen LogP contribution in [-0.4, -0.2) is 5.11 Å². The molecular weight excluding hydrogens is 224 g/mol. The van der Waals surface area contributed by atoms with Crippen LogP contribution in [0.15, 0.2) is 71.3 Å². The van der Waals surface area contributed by atoms with Gasteiger partial charge in [-0.25, -0.2) is 0 Å². The molecule has 3 aromatic rings. The lowest BCUT2D eigenvalue weighted by atomic mass is 9.98. The van der Waals surface area contributed by atoms with Gasteiger partial charge in [0.25, 0.3) is 0 Å². The molecule has 88 valence electrons. The summed E-state index contributed by atoms with van der Waals surface area (Å²) in [5.74, 6) is 1.09. The van der Waals surface area contributed by atoms with E-state index >= 15 is 0 Å². The number of furan rings is 1. The van der Waals surface area contributed by atoms with Gasteiger partial charge < -0.3 is 9.52 Å². The Morgan fingerprint density at radius 3 is 2.33 bits per heavy atom. The van der Waals surface area contributed by atoms with E-state index in [-0.39, 0.29) is 5.75 Å². The van der Waals surface area contributed by atoms with Crippen molar-refractivity contribution < 1.29 is 9.52 Å². The molecule has 0 atom stereocenters. The Balaban J connectivity index is 2.18. The molecule has 0 radical (unpaired) electrons. The summed E-state index contributed by atoms with van der Waals surface area (Å²) in [4.78, 5) is 0. The number of benzene rings is 2. The van der Waals surface area contributed by atoms with E-state index in [1.807, 2.05) is 48.5 Å². The maximum atomic E-state index is 9.57. The summed E-state index contributed by atoms with van der Waals surface area (Å²) in [6.07, 6.45) is 1.66. The Bertz CT molecular complexity index is 654. The van der Waals surface area contributed by atoms with Crippen LogP contribution in [0.25, 0.3) is 22.5 Å². The van der Waals surface area contributed by atoms with E-state index in [1.54, 1.807) is 18.4 Å². The zero-order valence-electron chi connectivity index (χ0n) is 9.71. The van der Waals surface area contributed by atoms with E-state index in [0.717, 1.165) is 22.5 Å². The fraction of sp³-hybridized carbons (Fsp3) is 0. The smallest absolute Gasteiger partial charge is 0.134 e. The van der Waals surface area contributed by atoms with E-state index in [4.69, 9.17) is 4.42 Å². The van der Waals surface area contributed by atoms with Gasteiger partial charge in [0.2, 0.25) is 0 Å². The quantitative estimate of drug-likeness (QED) is 0.718. The van der Waals surface area contributed by atoms with Crippen molar-refractivity contribution in [3.8, 4) is 28.2 Å². The summed E-state index contributed by atoms with van der Waals surface area (Å²) in [7, 11) is 0. The SMILES string of the molecule is Oc1cccc(-c2ccccc2-c2ccco2)c1. The van der Waals surface area contributed by atoms with E-state index in [2.05, 4.69) is 0 Å². The number of phenolic OH excluding ortho intramolecular Hbond substituents is 1. The summed E-state index contributed by atoms with van der Waals surface area (Å²) in [6, 6.07) is 19.0. The van der Waals surface area contributed by atoms with E-state index < -0.39 is 0 Å². The first-order chi connectivity index (χ1) is 8.84. The third-order valence-electron chi connectivity index (χ3n) is 2.87. The van der Waals surface area contributed by atoms with Crippen molar-refractivity contribution in [2.75, 3.05) is 0 Å². The average molecular weight is 236 g/mol. The first-order valence-electron chi connectivity index (χ1n) is 5.77. The molecule has 1 heterocycles. The molecule has 0 aliphatic carbocycles. The van der Waals surface area contributed by atoms with Crippen LogP contribution in [0.4, 0.5) is 0 Å². The van der Waals surface area contributed by atoms with Crippen LogP contribution >= 0.6 is 0 Å². The van der Waals surface area contributed by atoms with E-state index in [1.165, 1.54) is 0 Å². The zero-order valence-corrected chi connectivity index (χ0v) is 9.71. The van der Waals surface area contributed by atoms with Crippen molar-refractivity contribution in [1.29, 1.82) is 0 Å². The normalized spacial score (nSPS) is 10.4. The lowest BCUT2D eigenvalue weighted by molar-refractivity contribution is 0.475. The van der Waals surface area contributed by atoms with Gasteiger partial charge in [-0.15, -0.1) is 0 Å². The summed E-state index contributed by atoms with van der Waals surface area (Å²) >= 11 is 0. The molecule has 0 aliphatic rings. The second kappa shape index (κ2) is 4.41. The first kappa shape index (κ1) is 10.7. The summed E-state index contributed by atoms with van der Waals surface area (Å²) in [5, 5.41) is 9.57. The van der Waals surface area contributed by atoms with Crippen LogP contribution in [-0.2, 0) is 0 Å². The van der Waals surface area contributed by atoms with Gasteiger partial charge in [0.05, 0.1) is 6.26 Å². The summed E-state index contributed by atoms with van der Waals surface area (Å²) < 4.78 is 5.45. The summed E-state index contributed by atoms with van der Waals surface area (Å²) in [6.45, 7) is 0. The van der Waals surface area contributed by atoms with Gasteiger partial charge in [0.15, 0.2) is 0 Å².